The fraction of sp³-hybridized carbons (Fsp3) is 0.429. The summed E-state index contributed by atoms with van der Waals surface area (Å²) in [6.07, 6.45) is 1.70. The number of carbonyl (C=O) groups is 1. The molecule has 0 aliphatic carbocycles. The average molecular weight is 170 g/mol. The first-order valence-corrected chi connectivity index (χ1v) is 3.47. The summed E-state index contributed by atoms with van der Waals surface area (Å²) in [7, 11) is 1.70. The zero-order valence-corrected chi connectivity index (χ0v) is 6.64. The molecular formula is C7H10N2O3. The Kier molecular flexibility index (Phi) is 2.44. The minimum Gasteiger partial charge on any atom is -0.481 e. The molecule has 1 aromatic heterocycles. The van der Waals surface area contributed by atoms with E-state index in [0.717, 1.165) is 0 Å². The van der Waals surface area contributed by atoms with Crippen LogP contribution in [0.3, 0.4) is 0 Å². The lowest BCUT2D eigenvalue weighted by atomic mass is 10.2. The number of imidazole rings is 1. The largest absolute Gasteiger partial charge is 0.481 e. The summed E-state index contributed by atoms with van der Waals surface area (Å²) >= 11 is 0. The van der Waals surface area contributed by atoms with Crippen LogP contribution in [-0.2, 0) is 11.8 Å². The maximum Gasteiger partial charge on any atom is 0.306 e. The first kappa shape index (κ1) is 8.73. The van der Waals surface area contributed by atoms with E-state index in [4.69, 9.17) is 5.11 Å². The number of hydrogen-bond acceptors (Lipinski definition) is 3. The van der Waals surface area contributed by atoms with E-state index < -0.39 is 12.1 Å². The molecule has 66 valence electrons. The van der Waals surface area contributed by atoms with E-state index in [2.05, 4.69) is 4.98 Å². The van der Waals surface area contributed by atoms with Gasteiger partial charge in [-0.3, -0.25) is 4.79 Å². The molecule has 0 aliphatic heterocycles. The van der Waals surface area contributed by atoms with Crippen molar-refractivity contribution in [1.29, 1.82) is 0 Å². The van der Waals surface area contributed by atoms with Crippen LogP contribution in [0.15, 0.2) is 12.5 Å². The lowest BCUT2D eigenvalue weighted by molar-refractivity contribution is -0.139. The highest BCUT2D eigenvalue weighted by Crippen LogP contribution is 2.14. The predicted molar refractivity (Wildman–Crippen MR) is 40.4 cm³/mol. The molecule has 0 amide bonds. The number of rotatable bonds is 3. The van der Waals surface area contributed by atoms with Gasteiger partial charge in [0.05, 0.1) is 24.6 Å². The Hall–Kier alpha value is -1.36. The second-order valence-electron chi connectivity index (χ2n) is 2.54. The topological polar surface area (TPSA) is 75.3 Å². The molecule has 0 saturated carbocycles. The van der Waals surface area contributed by atoms with E-state index in [-0.39, 0.29) is 6.42 Å². The molecule has 1 heterocycles. The summed E-state index contributed by atoms with van der Waals surface area (Å²) in [4.78, 5) is 14.0. The summed E-state index contributed by atoms with van der Waals surface area (Å²) in [6, 6.07) is 0. The normalized spacial score (nSPS) is 12.8. The van der Waals surface area contributed by atoms with Gasteiger partial charge in [-0.05, 0) is 0 Å². The van der Waals surface area contributed by atoms with Crippen LogP contribution in [0.5, 0.6) is 0 Å². The molecule has 0 fully saturated rings. The van der Waals surface area contributed by atoms with Crippen molar-refractivity contribution in [3.05, 3.63) is 18.2 Å². The fourth-order valence-corrected chi connectivity index (χ4v) is 0.959. The molecule has 1 atom stereocenters. The first-order valence-electron chi connectivity index (χ1n) is 3.47. The van der Waals surface area contributed by atoms with E-state index in [1.165, 1.54) is 12.5 Å². The Morgan fingerprint density at radius 1 is 1.83 bits per heavy atom. The summed E-state index contributed by atoms with van der Waals surface area (Å²) in [5, 5.41) is 17.7. The minimum atomic E-state index is -1.02. The second kappa shape index (κ2) is 3.36. The van der Waals surface area contributed by atoms with Gasteiger partial charge in [-0.2, -0.15) is 0 Å². The highest BCUT2D eigenvalue weighted by atomic mass is 16.4. The van der Waals surface area contributed by atoms with Gasteiger partial charge in [-0.25, -0.2) is 4.98 Å². The molecule has 12 heavy (non-hydrogen) atoms. The third-order valence-electron chi connectivity index (χ3n) is 1.56. The number of hydrogen-bond donors (Lipinski definition) is 2. The highest BCUT2D eigenvalue weighted by Gasteiger charge is 2.14. The standard InChI is InChI=1S/C7H10N2O3/c1-9-4-8-3-5(9)6(10)2-7(11)12/h3-4,6,10H,2H2,1H3,(H,11,12). The van der Waals surface area contributed by atoms with Gasteiger partial charge >= 0.3 is 5.97 Å². The van der Waals surface area contributed by atoms with E-state index in [9.17, 15) is 9.90 Å². The van der Waals surface area contributed by atoms with Crippen molar-refractivity contribution in [2.24, 2.45) is 7.05 Å². The number of aliphatic hydroxyl groups excluding tert-OH is 1. The van der Waals surface area contributed by atoms with Crippen molar-refractivity contribution >= 4 is 5.97 Å². The van der Waals surface area contributed by atoms with Crippen LogP contribution in [0.1, 0.15) is 18.2 Å². The number of carboxylic acids is 1. The van der Waals surface area contributed by atoms with E-state index in [1.54, 1.807) is 11.6 Å². The van der Waals surface area contributed by atoms with Gasteiger partial charge in [-0.1, -0.05) is 0 Å². The SMILES string of the molecule is Cn1cncc1C(O)CC(=O)O. The molecule has 0 radical (unpaired) electrons. The molecule has 1 aromatic rings. The molecule has 1 rings (SSSR count). The van der Waals surface area contributed by atoms with Crippen LogP contribution in [0, 0.1) is 0 Å². The van der Waals surface area contributed by atoms with Gasteiger partial charge in [0.25, 0.3) is 0 Å². The van der Waals surface area contributed by atoms with Crippen LogP contribution < -0.4 is 0 Å². The first-order chi connectivity index (χ1) is 5.61. The Bertz CT molecular complexity index is 282. The van der Waals surface area contributed by atoms with E-state index in [1.807, 2.05) is 0 Å². The van der Waals surface area contributed by atoms with Gasteiger partial charge in [0.2, 0.25) is 0 Å². The Morgan fingerprint density at radius 3 is 2.92 bits per heavy atom. The maximum atomic E-state index is 10.2. The smallest absolute Gasteiger partial charge is 0.306 e. The van der Waals surface area contributed by atoms with Crippen molar-refractivity contribution < 1.29 is 15.0 Å². The number of nitrogens with zero attached hydrogens (tertiary/aromatic N) is 2. The van der Waals surface area contributed by atoms with Crippen LogP contribution in [0.25, 0.3) is 0 Å². The molecule has 2 N–H and O–H groups in total. The Labute approximate surface area is 69.3 Å². The molecule has 5 heteroatoms. The minimum absolute atomic E-state index is 0.292. The monoisotopic (exact) mass is 170 g/mol. The number of aromatic nitrogens is 2. The summed E-state index contributed by atoms with van der Waals surface area (Å²) in [6.45, 7) is 0. The molecule has 0 aromatic carbocycles. The molecule has 0 aliphatic rings. The second-order valence-corrected chi connectivity index (χ2v) is 2.54. The lowest BCUT2D eigenvalue weighted by Gasteiger charge is -2.07. The average Bonchev–Trinajstić information content (AvgIpc) is 2.33. The fourth-order valence-electron chi connectivity index (χ4n) is 0.959. The zero-order chi connectivity index (χ0) is 9.14. The molecule has 0 bridgehead atoms. The summed E-state index contributed by atoms with van der Waals surface area (Å²) in [5.41, 5.74) is 0.511. The molecule has 1 unspecified atom stereocenters. The molecular weight excluding hydrogens is 160 g/mol. The van der Waals surface area contributed by atoms with Crippen molar-refractivity contribution in [2.45, 2.75) is 12.5 Å². The third kappa shape index (κ3) is 1.82. The quantitative estimate of drug-likeness (QED) is 0.665. The third-order valence-corrected chi connectivity index (χ3v) is 1.56. The van der Waals surface area contributed by atoms with E-state index >= 15 is 0 Å². The number of carboxylic acid groups (broad SMARTS) is 1. The summed E-state index contributed by atoms with van der Waals surface area (Å²) in [5.74, 6) is -1.02. The van der Waals surface area contributed by atoms with Gasteiger partial charge in [0.1, 0.15) is 6.10 Å². The predicted octanol–water partition coefficient (Wildman–Crippen LogP) is -0.0718. The van der Waals surface area contributed by atoms with Crippen molar-refractivity contribution in [1.82, 2.24) is 9.55 Å². The molecule has 0 spiro atoms. The number of aliphatic carboxylic acids is 1. The Balaban J connectivity index is 2.71. The van der Waals surface area contributed by atoms with Crippen molar-refractivity contribution in [3.63, 3.8) is 0 Å². The lowest BCUT2D eigenvalue weighted by Crippen LogP contribution is -2.08. The van der Waals surface area contributed by atoms with Gasteiger partial charge in [-0.15, -0.1) is 0 Å². The van der Waals surface area contributed by atoms with Gasteiger partial charge < -0.3 is 14.8 Å². The van der Waals surface area contributed by atoms with Gasteiger partial charge in [0, 0.05) is 7.05 Å². The van der Waals surface area contributed by atoms with Crippen LogP contribution >= 0.6 is 0 Å². The van der Waals surface area contributed by atoms with Crippen LogP contribution in [0.4, 0.5) is 0 Å². The maximum absolute atomic E-state index is 10.2. The van der Waals surface area contributed by atoms with Crippen LogP contribution in [0.2, 0.25) is 0 Å². The number of aryl methyl sites for hydroxylation is 1. The van der Waals surface area contributed by atoms with Crippen LogP contribution in [-0.4, -0.2) is 25.7 Å². The molecule has 0 saturated heterocycles. The van der Waals surface area contributed by atoms with Crippen molar-refractivity contribution in [3.8, 4) is 0 Å². The molecule has 5 nitrogen and oxygen atoms in total. The Morgan fingerprint density at radius 2 is 2.50 bits per heavy atom. The zero-order valence-electron chi connectivity index (χ0n) is 6.64. The summed E-state index contributed by atoms with van der Waals surface area (Å²) < 4.78 is 1.59. The van der Waals surface area contributed by atoms with E-state index in [0.29, 0.717) is 5.69 Å². The van der Waals surface area contributed by atoms with Crippen molar-refractivity contribution in [2.75, 3.05) is 0 Å². The highest BCUT2D eigenvalue weighted by molar-refractivity contribution is 5.67. The van der Waals surface area contributed by atoms with Gasteiger partial charge in [0.15, 0.2) is 0 Å². The number of aliphatic hydroxyl groups is 1.